The summed E-state index contributed by atoms with van der Waals surface area (Å²) in [5, 5.41) is 12.0. The highest BCUT2D eigenvalue weighted by molar-refractivity contribution is 5.91. The Hall–Kier alpha value is -3.18. The third kappa shape index (κ3) is 4.65. The van der Waals surface area contributed by atoms with E-state index < -0.39 is 0 Å². The van der Waals surface area contributed by atoms with Crippen LogP contribution in [0.4, 0.5) is 0 Å². The number of nitrogens with zero attached hydrogens (tertiary/aromatic N) is 2. The maximum absolute atomic E-state index is 11.9. The summed E-state index contributed by atoms with van der Waals surface area (Å²) in [6.07, 6.45) is 8.64. The normalized spacial score (nSPS) is 10.9. The predicted molar refractivity (Wildman–Crippen MR) is 96.8 cm³/mol. The maximum Gasteiger partial charge on any atom is 0.244 e. The van der Waals surface area contributed by atoms with E-state index >= 15 is 0 Å². The van der Waals surface area contributed by atoms with E-state index in [2.05, 4.69) is 10.3 Å². The number of hydrogen-bond acceptors (Lipinski definition) is 3. The van der Waals surface area contributed by atoms with Crippen molar-refractivity contribution in [3.05, 3.63) is 90.0 Å². The van der Waals surface area contributed by atoms with Gasteiger partial charge in [-0.2, -0.15) is 0 Å². The number of aliphatic hydroxyl groups is 1. The van der Waals surface area contributed by atoms with Gasteiger partial charge in [-0.3, -0.25) is 4.79 Å². The molecule has 1 aromatic heterocycles. The van der Waals surface area contributed by atoms with Crippen molar-refractivity contribution in [2.75, 3.05) is 0 Å². The number of imidazole rings is 1. The van der Waals surface area contributed by atoms with E-state index in [0.717, 1.165) is 22.4 Å². The molecule has 0 atom stereocenters. The number of amides is 1. The lowest BCUT2D eigenvalue weighted by Crippen LogP contribution is -2.20. The van der Waals surface area contributed by atoms with Gasteiger partial charge < -0.3 is 15.0 Å². The molecule has 0 unspecified atom stereocenters. The smallest absolute Gasteiger partial charge is 0.244 e. The maximum atomic E-state index is 11.9. The molecule has 0 fully saturated rings. The van der Waals surface area contributed by atoms with E-state index in [1.807, 2.05) is 59.3 Å². The number of carbonyl (C=O) groups is 1. The minimum atomic E-state index is -0.159. The highest BCUT2D eigenvalue weighted by Gasteiger charge is 1.99. The number of carbonyl (C=O) groups excluding carboxylic acids is 1. The largest absolute Gasteiger partial charge is 0.392 e. The lowest BCUT2D eigenvalue weighted by Gasteiger charge is -2.04. The summed E-state index contributed by atoms with van der Waals surface area (Å²) >= 11 is 0. The molecule has 0 aliphatic rings. The van der Waals surface area contributed by atoms with E-state index in [-0.39, 0.29) is 12.5 Å². The van der Waals surface area contributed by atoms with E-state index in [1.54, 1.807) is 18.6 Å². The second-order valence-electron chi connectivity index (χ2n) is 5.59. The van der Waals surface area contributed by atoms with Crippen LogP contribution >= 0.6 is 0 Å². The molecule has 1 amide bonds. The zero-order chi connectivity index (χ0) is 17.5. The summed E-state index contributed by atoms with van der Waals surface area (Å²) in [4.78, 5) is 16.0. The summed E-state index contributed by atoms with van der Waals surface area (Å²) in [6.45, 7) is 0.424. The molecule has 3 aromatic rings. The quantitative estimate of drug-likeness (QED) is 0.682. The van der Waals surface area contributed by atoms with Gasteiger partial charge >= 0.3 is 0 Å². The molecule has 1 heterocycles. The molecular weight excluding hydrogens is 314 g/mol. The molecule has 5 nitrogen and oxygen atoms in total. The van der Waals surface area contributed by atoms with Crippen molar-refractivity contribution in [1.29, 1.82) is 0 Å². The Kier molecular flexibility index (Phi) is 5.39. The Bertz CT molecular complexity index is 853. The Morgan fingerprint density at radius 1 is 1.16 bits per heavy atom. The molecule has 3 rings (SSSR count). The van der Waals surface area contributed by atoms with Crippen molar-refractivity contribution in [3.63, 3.8) is 0 Å². The van der Waals surface area contributed by atoms with E-state index in [4.69, 9.17) is 5.11 Å². The molecule has 0 bridgehead atoms. The first-order valence-corrected chi connectivity index (χ1v) is 7.97. The molecule has 126 valence electrons. The van der Waals surface area contributed by atoms with Gasteiger partial charge in [0.1, 0.15) is 0 Å². The molecule has 25 heavy (non-hydrogen) atoms. The average Bonchev–Trinajstić information content (AvgIpc) is 3.20. The van der Waals surface area contributed by atoms with Crippen LogP contribution in [0, 0.1) is 0 Å². The Morgan fingerprint density at radius 2 is 1.96 bits per heavy atom. The van der Waals surface area contributed by atoms with Gasteiger partial charge in [0.2, 0.25) is 5.91 Å². The van der Waals surface area contributed by atoms with Gasteiger partial charge in [-0.1, -0.05) is 36.4 Å². The second-order valence-corrected chi connectivity index (χ2v) is 5.59. The second kappa shape index (κ2) is 8.08. The fourth-order valence-electron chi connectivity index (χ4n) is 2.43. The van der Waals surface area contributed by atoms with E-state index in [9.17, 15) is 4.79 Å². The molecule has 2 N–H and O–H groups in total. The summed E-state index contributed by atoms with van der Waals surface area (Å²) in [6, 6.07) is 15.3. The average molecular weight is 333 g/mol. The third-order valence-electron chi connectivity index (χ3n) is 3.76. The summed E-state index contributed by atoms with van der Waals surface area (Å²) in [5.74, 6) is -0.159. The molecule has 0 aliphatic heterocycles. The number of rotatable bonds is 6. The Labute approximate surface area is 146 Å². The number of benzene rings is 2. The predicted octanol–water partition coefficient (Wildman–Crippen LogP) is 2.69. The standard InChI is InChI=1S/C20H19N3O2/c24-14-18-3-1-2-17(12-18)13-22-20(25)9-6-16-4-7-19(8-5-16)23-11-10-21-15-23/h1-12,15,24H,13-14H2,(H,22,25)/b9-6+. The molecule has 0 aliphatic carbocycles. The van der Waals surface area contributed by atoms with Crippen molar-refractivity contribution in [2.24, 2.45) is 0 Å². The third-order valence-corrected chi connectivity index (χ3v) is 3.76. The van der Waals surface area contributed by atoms with Crippen LogP contribution in [-0.2, 0) is 17.9 Å². The van der Waals surface area contributed by atoms with Crippen LogP contribution < -0.4 is 5.32 Å². The first kappa shape index (κ1) is 16.7. The number of hydrogen-bond donors (Lipinski definition) is 2. The minimum Gasteiger partial charge on any atom is -0.392 e. The van der Waals surface area contributed by atoms with Crippen molar-refractivity contribution in [3.8, 4) is 5.69 Å². The summed E-state index contributed by atoms with van der Waals surface area (Å²) in [5.41, 5.74) is 3.75. The van der Waals surface area contributed by atoms with Gasteiger partial charge in [0.15, 0.2) is 0 Å². The van der Waals surface area contributed by atoms with Crippen molar-refractivity contribution in [2.45, 2.75) is 13.2 Å². The lowest BCUT2D eigenvalue weighted by atomic mass is 10.1. The molecule has 0 saturated heterocycles. The van der Waals surface area contributed by atoms with Gasteiger partial charge in [0.05, 0.1) is 12.9 Å². The van der Waals surface area contributed by atoms with Gasteiger partial charge in [-0.25, -0.2) is 4.98 Å². The minimum absolute atomic E-state index is 0.00322. The molecule has 0 spiro atoms. The zero-order valence-corrected chi connectivity index (χ0v) is 13.7. The monoisotopic (exact) mass is 333 g/mol. The first-order chi connectivity index (χ1) is 12.2. The zero-order valence-electron chi connectivity index (χ0n) is 13.7. The number of nitrogens with one attached hydrogen (secondary N) is 1. The van der Waals surface area contributed by atoms with Gasteiger partial charge in [0, 0.05) is 30.7 Å². The van der Waals surface area contributed by atoms with E-state index in [0.29, 0.717) is 6.54 Å². The molecular formula is C20H19N3O2. The molecule has 2 aromatic carbocycles. The molecule has 0 saturated carbocycles. The highest BCUT2D eigenvalue weighted by atomic mass is 16.3. The summed E-state index contributed by atoms with van der Waals surface area (Å²) < 4.78 is 1.92. The van der Waals surface area contributed by atoms with Crippen LogP contribution in [-0.4, -0.2) is 20.6 Å². The fourth-order valence-corrected chi connectivity index (χ4v) is 2.43. The van der Waals surface area contributed by atoms with Crippen molar-refractivity contribution >= 4 is 12.0 Å². The topological polar surface area (TPSA) is 67.2 Å². The van der Waals surface area contributed by atoms with Crippen LogP contribution in [0.5, 0.6) is 0 Å². The molecule has 0 radical (unpaired) electrons. The van der Waals surface area contributed by atoms with Crippen LogP contribution in [0.1, 0.15) is 16.7 Å². The van der Waals surface area contributed by atoms with Crippen LogP contribution in [0.2, 0.25) is 0 Å². The Balaban J connectivity index is 1.55. The van der Waals surface area contributed by atoms with Crippen molar-refractivity contribution in [1.82, 2.24) is 14.9 Å². The fraction of sp³-hybridized carbons (Fsp3) is 0.100. The Morgan fingerprint density at radius 3 is 2.68 bits per heavy atom. The molecule has 5 heteroatoms. The van der Waals surface area contributed by atoms with Crippen molar-refractivity contribution < 1.29 is 9.90 Å². The van der Waals surface area contributed by atoms with Crippen LogP contribution in [0.3, 0.4) is 0 Å². The number of aliphatic hydroxyl groups excluding tert-OH is 1. The van der Waals surface area contributed by atoms with E-state index in [1.165, 1.54) is 6.08 Å². The van der Waals surface area contributed by atoms with Crippen LogP contribution in [0.25, 0.3) is 11.8 Å². The van der Waals surface area contributed by atoms with Gasteiger partial charge in [-0.05, 0) is 34.9 Å². The summed E-state index contributed by atoms with van der Waals surface area (Å²) in [7, 11) is 0. The highest BCUT2D eigenvalue weighted by Crippen LogP contribution is 2.10. The van der Waals surface area contributed by atoms with Gasteiger partial charge in [-0.15, -0.1) is 0 Å². The first-order valence-electron chi connectivity index (χ1n) is 7.97. The number of aromatic nitrogens is 2. The SMILES string of the molecule is O=C(/C=C/c1ccc(-n2ccnc2)cc1)NCc1cccc(CO)c1. The van der Waals surface area contributed by atoms with Crippen LogP contribution in [0.15, 0.2) is 73.3 Å². The lowest BCUT2D eigenvalue weighted by molar-refractivity contribution is -0.116. The van der Waals surface area contributed by atoms with Gasteiger partial charge in [0.25, 0.3) is 0 Å².